The number of carbonyl (C=O) groups excluding carboxylic acids is 1. The van der Waals surface area contributed by atoms with E-state index in [0.29, 0.717) is 17.4 Å². The number of nitrogen functional groups attached to an aromatic ring is 1. The highest BCUT2D eigenvalue weighted by Crippen LogP contribution is 2.19. The zero-order chi connectivity index (χ0) is 14.0. The molecule has 0 aliphatic rings. The van der Waals surface area contributed by atoms with Crippen LogP contribution in [0.25, 0.3) is 0 Å². The first kappa shape index (κ1) is 13.0. The number of nitrogens with zero attached hydrogens (tertiary/aromatic N) is 1. The first-order valence-corrected chi connectivity index (χ1v) is 5.57. The highest BCUT2D eigenvalue weighted by molar-refractivity contribution is 6.05. The molecule has 2 N–H and O–H groups in total. The molecule has 0 unspecified atom stereocenters. The Morgan fingerprint density at radius 1 is 1.11 bits per heavy atom. The van der Waals surface area contributed by atoms with Crippen LogP contribution in [-0.4, -0.2) is 13.0 Å². The van der Waals surface area contributed by atoms with Gasteiger partial charge in [-0.15, -0.1) is 0 Å². The second kappa shape index (κ2) is 5.06. The van der Waals surface area contributed by atoms with Crippen molar-refractivity contribution in [2.24, 2.45) is 0 Å². The van der Waals surface area contributed by atoms with E-state index in [4.69, 9.17) is 5.73 Å². The first-order chi connectivity index (χ1) is 8.99. The zero-order valence-electron chi connectivity index (χ0n) is 10.2. The molecule has 5 heteroatoms. The number of amides is 1. The predicted molar refractivity (Wildman–Crippen MR) is 69.9 cm³/mol. The van der Waals surface area contributed by atoms with Gasteiger partial charge < -0.3 is 10.6 Å². The van der Waals surface area contributed by atoms with Gasteiger partial charge in [-0.25, -0.2) is 8.78 Å². The fraction of sp³-hybridized carbons (Fsp3) is 0.0714. The minimum absolute atomic E-state index is 0.180. The molecule has 1 amide bonds. The molecule has 0 saturated heterocycles. The van der Waals surface area contributed by atoms with Gasteiger partial charge in [0.1, 0.15) is 11.6 Å². The minimum Gasteiger partial charge on any atom is -0.399 e. The number of anilines is 2. The van der Waals surface area contributed by atoms with Gasteiger partial charge in [0.25, 0.3) is 5.91 Å². The molecule has 19 heavy (non-hydrogen) atoms. The van der Waals surface area contributed by atoms with E-state index in [1.807, 2.05) is 0 Å². The van der Waals surface area contributed by atoms with Crippen LogP contribution in [0.4, 0.5) is 20.2 Å². The monoisotopic (exact) mass is 262 g/mol. The fourth-order valence-electron chi connectivity index (χ4n) is 1.66. The zero-order valence-corrected chi connectivity index (χ0v) is 10.2. The molecule has 0 atom stereocenters. The van der Waals surface area contributed by atoms with Crippen LogP contribution in [0, 0.1) is 11.6 Å². The van der Waals surface area contributed by atoms with Crippen LogP contribution in [0.1, 0.15) is 10.4 Å². The summed E-state index contributed by atoms with van der Waals surface area (Å²) in [5.74, 6) is -2.15. The van der Waals surface area contributed by atoms with Crippen molar-refractivity contribution in [2.75, 3.05) is 17.7 Å². The molecule has 0 aromatic heterocycles. The number of rotatable bonds is 2. The third-order valence-corrected chi connectivity index (χ3v) is 2.75. The number of benzene rings is 2. The number of hydrogen-bond donors (Lipinski definition) is 1. The lowest BCUT2D eigenvalue weighted by Crippen LogP contribution is -2.27. The molecular formula is C14H12F2N2O. The number of hydrogen-bond acceptors (Lipinski definition) is 2. The van der Waals surface area contributed by atoms with E-state index in [2.05, 4.69) is 0 Å². The van der Waals surface area contributed by atoms with Gasteiger partial charge in [-0.3, -0.25) is 4.79 Å². The summed E-state index contributed by atoms with van der Waals surface area (Å²) in [5.41, 5.74) is 6.51. The van der Waals surface area contributed by atoms with Crippen molar-refractivity contribution in [1.82, 2.24) is 0 Å². The second-order valence-corrected chi connectivity index (χ2v) is 4.08. The molecular weight excluding hydrogens is 250 g/mol. The summed E-state index contributed by atoms with van der Waals surface area (Å²) in [6.45, 7) is 0. The van der Waals surface area contributed by atoms with Crippen LogP contribution in [0.5, 0.6) is 0 Å². The van der Waals surface area contributed by atoms with Crippen molar-refractivity contribution < 1.29 is 13.6 Å². The molecule has 0 fully saturated rings. The first-order valence-electron chi connectivity index (χ1n) is 5.57. The third kappa shape index (κ3) is 2.70. The van der Waals surface area contributed by atoms with E-state index >= 15 is 0 Å². The molecule has 0 spiro atoms. The number of nitrogens with two attached hydrogens (primary N) is 1. The molecule has 0 aliphatic carbocycles. The summed E-state index contributed by atoms with van der Waals surface area (Å²) in [6, 6.07) is 9.43. The Hall–Kier alpha value is -2.43. The van der Waals surface area contributed by atoms with Crippen molar-refractivity contribution in [3.63, 3.8) is 0 Å². The van der Waals surface area contributed by atoms with E-state index < -0.39 is 17.5 Å². The van der Waals surface area contributed by atoms with Crippen molar-refractivity contribution in [3.8, 4) is 0 Å². The van der Waals surface area contributed by atoms with Gasteiger partial charge in [0.15, 0.2) is 0 Å². The van der Waals surface area contributed by atoms with Gasteiger partial charge in [-0.1, -0.05) is 0 Å². The molecule has 0 bridgehead atoms. The summed E-state index contributed by atoms with van der Waals surface area (Å²) in [5, 5.41) is 0. The summed E-state index contributed by atoms with van der Waals surface area (Å²) in [4.78, 5) is 13.4. The summed E-state index contributed by atoms with van der Waals surface area (Å²) in [6.07, 6.45) is 0. The molecule has 2 aromatic rings. The number of halogens is 2. The van der Waals surface area contributed by atoms with E-state index in [9.17, 15) is 13.6 Å². The Morgan fingerprint density at radius 3 is 2.32 bits per heavy atom. The molecule has 3 nitrogen and oxygen atoms in total. The largest absolute Gasteiger partial charge is 0.399 e. The molecule has 0 saturated carbocycles. The molecule has 0 aliphatic heterocycles. The van der Waals surface area contributed by atoms with Crippen molar-refractivity contribution in [3.05, 3.63) is 59.7 Å². The predicted octanol–water partition coefficient (Wildman–Crippen LogP) is 2.82. The smallest absolute Gasteiger partial charge is 0.260 e. The number of carbonyl (C=O) groups is 1. The van der Waals surface area contributed by atoms with Crippen LogP contribution in [0.3, 0.4) is 0 Å². The van der Waals surface area contributed by atoms with Crippen LogP contribution in [0.15, 0.2) is 42.5 Å². The Balaban J connectivity index is 2.30. The quantitative estimate of drug-likeness (QED) is 0.846. The van der Waals surface area contributed by atoms with Crippen molar-refractivity contribution in [1.29, 1.82) is 0 Å². The SMILES string of the molecule is CN(C(=O)c1ccc(F)cc1F)c1ccc(N)cc1. The van der Waals surface area contributed by atoms with Crippen LogP contribution in [-0.2, 0) is 0 Å². The van der Waals surface area contributed by atoms with E-state index in [-0.39, 0.29) is 5.56 Å². The summed E-state index contributed by atoms with van der Waals surface area (Å²) >= 11 is 0. The van der Waals surface area contributed by atoms with E-state index in [1.165, 1.54) is 11.9 Å². The molecule has 2 rings (SSSR count). The molecule has 2 aromatic carbocycles. The highest BCUT2D eigenvalue weighted by atomic mass is 19.1. The maximum atomic E-state index is 13.5. The van der Waals surface area contributed by atoms with Crippen molar-refractivity contribution in [2.45, 2.75) is 0 Å². The van der Waals surface area contributed by atoms with Gasteiger partial charge in [-0.2, -0.15) is 0 Å². The maximum Gasteiger partial charge on any atom is 0.260 e. The topological polar surface area (TPSA) is 46.3 Å². The lowest BCUT2D eigenvalue weighted by Gasteiger charge is -2.17. The van der Waals surface area contributed by atoms with Gasteiger partial charge >= 0.3 is 0 Å². The van der Waals surface area contributed by atoms with Gasteiger partial charge in [0.05, 0.1) is 5.56 Å². The summed E-state index contributed by atoms with van der Waals surface area (Å²) < 4.78 is 26.3. The van der Waals surface area contributed by atoms with Gasteiger partial charge in [0.2, 0.25) is 0 Å². The standard InChI is InChI=1S/C14H12F2N2O/c1-18(11-5-3-10(17)4-6-11)14(19)12-7-2-9(15)8-13(12)16/h2-8H,17H2,1H3. The fourth-order valence-corrected chi connectivity index (χ4v) is 1.66. The van der Waals surface area contributed by atoms with Gasteiger partial charge in [0, 0.05) is 24.5 Å². The van der Waals surface area contributed by atoms with Crippen molar-refractivity contribution >= 4 is 17.3 Å². The lowest BCUT2D eigenvalue weighted by molar-refractivity contribution is 0.0989. The second-order valence-electron chi connectivity index (χ2n) is 4.08. The average Bonchev–Trinajstić information content (AvgIpc) is 2.38. The average molecular weight is 262 g/mol. The maximum absolute atomic E-state index is 13.5. The van der Waals surface area contributed by atoms with E-state index in [1.54, 1.807) is 24.3 Å². The lowest BCUT2D eigenvalue weighted by atomic mass is 10.1. The molecule has 98 valence electrons. The van der Waals surface area contributed by atoms with E-state index in [0.717, 1.165) is 12.1 Å². The Labute approximate surface area is 109 Å². The Morgan fingerprint density at radius 2 is 1.74 bits per heavy atom. The molecule has 0 heterocycles. The molecule has 0 radical (unpaired) electrons. The van der Waals surface area contributed by atoms with Crippen LogP contribution < -0.4 is 10.6 Å². The van der Waals surface area contributed by atoms with Gasteiger partial charge in [-0.05, 0) is 36.4 Å². The van der Waals surface area contributed by atoms with Crippen LogP contribution in [0.2, 0.25) is 0 Å². The normalized spacial score (nSPS) is 10.3. The highest BCUT2D eigenvalue weighted by Gasteiger charge is 2.17. The summed E-state index contributed by atoms with van der Waals surface area (Å²) in [7, 11) is 1.51. The van der Waals surface area contributed by atoms with Crippen LogP contribution >= 0.6 is 0 Å². The third-order valence-electron chi connectivity index (χ3n) is 2.75. The minimum atomic E-state index is -0.882. The Kier molecular flexibility index (Phi) is 3.46. The Bertz CT molecular complexity index is 611.